The van der Waals surface area contributed by atoms with Crippen molar-refractivity contribution in [1.29, 1.82) is 0 Å². The lowest BCUT2D eigenvalue weighted by molar-refractivity contribution is -0.872. The van der Waals surface area contributed by atoms with Crippen molar-refractivity contribution in [2.24, 2.45) is 0 Å². The van der Waals surface area contributed by atoms with Crippen LogP contribution in [0.4, 0.5) is 0 Å². The van der Waals surface area contributed by atoms with Gasteiger partial charge < -0.3 is 10.2 Å². The van der Waals surface area contributed by atoms with Crippen molar-refractivity contribution in [1.82, 2.24) is 10.0 Å². The molecule has 3 aromatic rings. The Bertz CT molecular complexity index is 1130. The summed E-state index contributed by atoms with van der Waals surface area (Å²) < 4.78 is 27.6. The number of carbonyl (C=O) groups excluding carboxylic acids is 1. The molecular formula is C23H28N3O3S+. The van der Waals surface area contributed by atoms with Crippen LogP contribution in [-0.2, 0) is 27.9 Å². The van der Waals surface area contributed by atoms with Crippen molar-refractivity contribution in [2.75, 3.05) is 20.6 Å². The molecular weight excluding hydrogens is 398 g/mol. The second-order valence-electron chi connectivity index (χ2n) is 7.59. The Morgan fingerprint density at radius 3 is 2.30 bits per heavy atom. The molecule has 0 saturated carbocycles. The summed E-state index contributed by atoms with van der Waals surface area (Å²) in [6.45, 7) is 1.35. The smallest absolute Gasteiger partial charge is 0.240 e. The van der Waals surface area contributed by atoms with Crippen LogP contribution in [0.25, 0.3) is 10.8 Å². The van der Waals surface area contributed by atoms with Crippen LogP contribution in [-0.4, -0.2) is 35.0 Å². The minimum atomic E-state index is -3.67. The third kappa shape index (κ3) is 5.89. The van der Waals surface area contributed by atoms with Crippen LogP contribution in [0.2, 0.25) is 0 Å². The first-order chi connectivity index (χ1) is 14.3. The summed E-state index contributed by atoms with van der Waals surface area (Å²) in [5.74, 6) is -0.191. The maximum absolute atomic E-state index is 12.5. The Labute approximate surface area is 178 Å². The first-order valence-corrected chi connectivity index (χ1v) is 11.4. The zero-order valence-electron chi connectivity index (χ0n) is 17.3. The topological polar surface area (TPSA) is 79.7 Å². The summed E-state index contributed by atoms with van der Waals surface area (Å²) in [5.41, 5.74) is 2.26. The second-order valence-corrected chi connectivity index (χ2v) is 9.35. The van der Waals surface area contributed by atoms with Gasteiger partial charge in [-0.25, -0.2) is 13.1 Å². The van der Waals surface area contributed by atoms with E-state index in [0.29, 0.717) is 6.54 Å². The van der Waals surface area contributed by atoms with Gasteiger partial charge in [0, 0.05) is 25.1 Å². The molecule has 7 heteroatoms. The van der Waals surface area contributed by atoms with Crippen LogP contribution in [0.1, 0.15) is 17.5 Å². The number of carbonyl (C=O) groups is 1. The summed E-state index contributed by atoms with van der Waals surface area (Å²) in [7, 11) is 0.493. The molecule has 0 spiro atoms. The average Bonchev–Trinajstić information content (AvgIpc) is 2.72. The highest BCUT2D eigenvalue weighted by Crippen LogP contribution is 2.18. The fourth-order valence-corrected chi connectivity index (χ4v) is 4.35. The first kappa shape index (κ1) is 22.0. The second kappa shape index (κ2) is 9.84. The Morgan fingerprint density at radius 1 is 0.900 bits per heavy atom. The molecule has 0 heterocycles. The van der Waals surface area contributed by atoms with E-state index in [-0.39, 0.29) is 23.8 Å². The highest BCUT2D eigenvalue weighted by atomic mass is 32.2. The molecule has 1 amide bonds. The van der Waals surface area contributed by atoms with Crippen molar-refractivity contribution < 1.29 is 18.1 Å². The monoisotopic (exact) mass is 426 g/mol. The van der Waals surface area contributed by atoms with Crippen LogP contribution in [0, 0.1) is 0 Å². The van der Waals surface area contributed by atoms with E-state index in [1.54, 1.807) is 18.2 Å². The van der Waals surface area contributed by atoms with Crippen LogP contribution in [0.3, 0.4) is 0 Å². The minimum absolute atomic E-state index is 0.0461. The molecule has 158 valence electrons. The number of fused-ring (bicyclic) bond motifs is 1. The van der Waals surface area contributed by atoms with Gasteiger partial charge >= 0.3 is 0 Å². The molecule has 6 nitrogen and oxygen atoms in total. The molecule has 0 atom stereocenters. The van der Waals surface area contributed by atoms with Gasteiger partial charge in [0.1, 0.15) is 6.54 Å². The van der Waals surface area contributed by atoms with Crippen molar-refractivity contribution in [2.45, 2.75) is 24.4 Å². The van der Waals surface area contributed by atoms with E-state index in [0.717, 1.165) is 22.9 Å². The van der Waals surface area contributed by atoms with Gasteiger partial charge in [-0.2, -0.15) is 0 Å². The van der Waals surface area contributed by atoms with E-state index in [1.165, 1.54) is 10.5 Å². The maximum atomic E-state index is 12.5. The van der Waals surface area contributed by atoms with Crippen molar-refractivity contribution in [3.05, 3.63) is 77.9 Å². The molecule has 30 heavy (non-hydrogen) atoms. The lowest BCUT2D eigenvalue weighted by Crippen LogP contribution is -3.04. The van der Waals surface area contributed by atoms with Crippen molar-refractivity contribution in [3.8, 4) is 0 Å². The van der Waals surface area contributed by atoms with Gasteiger partial charge in [-0.05, 0) is 28.5 Å². The zero-order chi connectivity index (χ0) is 21.6. The zero-order valence-corrected chi connectivity index (χ0v) is 18.1. The summed E-state index contributed by atoms with van der Waals surface area (Å²) in [6, 6.07) is 20.6. The minimum Gasteiger partial charge on any atom is -0.352 e. The Balaban J connectivity index is 1.52. The lowest BCUT2D eigenvalue weighted by atomic mass is 10.1. The molecule has 3 aromatic carbocycles. The largest absolute Gasteiger partial charge is 0.352 e. The van der Waals surface area contributed by atoms with Gasteiger partial charge in [0.2, 0.25) is 15.9 Å². The predicted molar refractivity (Wildman–Crippen MR) is 119 cm³/mol. The van der Waals surface area contributed by atoms with Gasteiger partial charge in [-0.15, -0.1) is 0 Å². The van der Waals surface area contributed by atoms with E-state index in [1.807, 2.05) is 42.5 Å². The number of rotatable bonds is 9. The van der Waals surface area contributed by atoms with Gasteiger partial charge in [0.25, 0.3) is 0 Å². The maximum Gasteiger partial charge on any atom is 0.240 e. The number of nitrogens with one attached hydrogen (secondary N) is 3. The highest BCUT2D eigenvalue weighted by Gasteiger charge is 2.15. The summed E-state index contributed by atoms with van der Waals surface area (Å²) in [4.78, 5) is 13.7. The number of benzene rings is 3. The Morgan fingerprint density at radius 2 is 1.57 bits per heavy atom. The van der Waals surface area contributed by atoms with E-state index in [2.05, 4.69) is 30.2 Å². The number of amides is 1. The van der Waals surface area contributed by atoms with Crippen LogP contribution >= 0.6 is 0 Å². The number of sulfonamides is 1. The van der Waals surface area contributed by atoms with Gasteiger partial charge in [0.05, 0.1) is 19.0 Å². The molecule has 0 aliphatic carbocycles. The van der Waals surface area contributed by atoms with E-state index < -0.39 is 10.0 Å². The standard InChI is InChI=1S/C23H27N3O3S/c1-26(2)17-21-10-6-5-9-20(21)16-24-23(27)13-14-25-30(28,29)22-12-11-18-7-3-4-8-19(18)15-22/h3-12,15,25H,13-14,16-17H2,1-2H3,(H,24,27)/p+1. The van der Waals surface area contributed by atoms with Crippen LogP contribution in [0.5, 0.6) is 0 Å². The van der Waals surface area contributed by atoms with Crippen LogP contribution in [0.15, 0.2) is 71.6 Å². The molecule has 3 rings (SSSR count). The highest BCUT2D eigenvalue weighted by molar-refractivity contribution is 7.89. The van der Waals surface area contributed by atoms with E-state index in [4.69, 9.17) is 0 Å². The first-order valence-electron chi connectivity index (χ1n) is 9.96. The SMILES string of the molecule is C[NH+](C)Cc1ccccc1CNC(=O)CCNS(=O)(=O)c1ccc2ccccc2c1. The molecule has 0 bridgehead atoms. The van der Waals surface area contributed by atoms with Gasteiger partial charge in [-0.1, -0.05) is 54.6 Å². The Hall–Kier alpha value is -2.74. The molecule has 0 aliphatic heterocycles. The van der Waals surface area contributed by atoms with E-state index >= 15 is 0 Å². The van der Waals surface area contributed by atoms with Gasteiger partial charge in [-0.3, -0.25) is 4.79 Å². The summed E-state index contributed by atoms with van der Waals surface area (Å²) >= 11 is 0. The van der Waals surface area contributed by atoms with Crippen molar-refractivity contribution >= 4 is 26.7 Å². The number of quaternary nitrogens is 1. The van der Waals surface area contributed by atoms with Crippen LogP contribution < -0.4 is 14.9 Å². The third-order valence-corrected chi connectivity index (χ3v) is 6.27. The summed E-state index contributed by atoms with van der Waals surface area (Å²) in [5, 5.41) is 4.72. The normalized spacial score (nSPS) is 11.7. The number of hydrogen-bond acceptors (Lipinski definition) is 3. The molecule has 0 fully saturated rings. The molecule has 3 N–H and O–H groups in total. The quantitative estimate of drug-likeness (QED) is 0.485. The Kier molecular flexibility index (Phi) is 7.20. The van der Waals surface area contributed by atoms with Gasteiger partial charge in [0.15, 0.2) is 0 Å². The summed E-state index contributed by atoms with van der Waals surface area (Å²) in [6.07, 6.45) is 0.0773. The van der Waals surface area contributed by atoms with E-state index in [9.17, 15) is 13.2 Å². The third-order valence-electron chi connectivity index (χ3n) is 4.81. The molecule has 0 aromatic heterocycles. The molecule has 0 radical (unpaired) electrons. The average molecular weight is 427 g/mol. The predicted octanol–water partition coefficient (Wildman–Crippen LogP) is 1.47. The fraction of sp³-hybridized carbons (Fsp3) is 0.261. The number of hydrogen-bond donors (Lipinski definition) is 3. The molecule has 0 saturated heterocycles. The lowest BCUT2D eigenvalue weighted by Gasteiger charge is -2.13. The molecule has 0 aliphatic rings. The van der Waals surface area contributed by atoms with Crippen molar-refractivity contribution in [3.63, 3.8) is 0 Å². The fourth-order valence-electron chi connectivity index (χ4n) is 3.28. The molecule has 0 unspecified atom stereocenters.